The summed E-state index contributed by atoms with van der Waals surface area (Å²) in [6.07, 6.45) is -53.4. The molecule has 0 fully saturated rings. The second-order valence-electron chi connectivity index (χ2n) is 11.4. The molecule has 0 spiro atoms. The molecule has 350 valence electrons. The molecule has 58 heavy (non-hydrogen) atoms. The van der Waals surface area contributed by atoms with Crippen LogP contribution in [0.4, 0.5) is 70.2 Å². The molecule has 0 bridgehead atoms. The predicted octanol–water partition coefficient (Wildman–Crippen LogP) is 2.74. The van der Waals surface area contributed by atoms with Gasteiger partial charge in [0.1, 0.15) is 44.7 Å². The van der Waals surface area contributed by atoms with E-state index in [-0.39, 0.29) is 39.3 Å². The zero-order valence-electron chi connectivity index (χ0n) is 29.4. The summed E-state index contributed by atoms with van der Waals surface area (Å²) in [5, 5.41) is 45.5. The maximum Gasteiger partial charge on any atom is 0.453 e. The van der Waals surface area contributed by atoms with Crippen molar-refractivity contribution in [2.75, 3.05) is 92.5 Å². The molecular weight excluding hydrogens is 868 g/mol. The number of hydrogen-bond acceptors (Lipinski definition) is 15. The van der Waals surface area contributed by atoms with Crippen molar-refractivity contribution in [3.63, 3.8) is 0 Å². The minimum absolute atomic E-state index is 0.0933. The van der Waals surface area contributed by atoms with Crippen LogP contribution in [0.1, 0.15) is 12.8 Å². The summed E-state index contributed by atoms with van der Waals surface area (Å²) in [6, 6.07) is 0. The van der Waals surface area contributed by atoms with E-state index in [0.717, 1.165) is 0 Å². The highest BCUT2D eigenvalue weighted by molar-refractivity contribution is 4.74. The van der Waals surface area contributed by atoms with Crippen molar-refractivity contribution in [1.82, 2.24) is 0 Å². The maximum atomic E-state index is 13.8. The highest BCUT2D eigenvalue weighted by Gasteiger charge is 2.68. The first-order valence-electron chi connectivity index (χ1n) is 15.9. The number of aliphatic hydroxyl groups is 5. The molecule has 0 aliphatic rings. The Kier molecular flexibility index (Phi) is 23.9. The van der Waals surface area contributed by atoms with Crippen molar-refractivity contribution in [2.24, 2.45) is 0 Å². The summed E-state index contributed by atoms with van der Waals surface area (Å²) in [4.78, 5) is 0. The molecule has 2 atom stereocenters. The molecule has 31 heteroatoms. The predicted molar refractivity (Wildman–Crippen MR) is 150 cm³/mol. The summed E-state index contributed by atoms with van der Waals surface area (Å²) in [7, 11) is 0. The number of ether oxygens (including phenoxy) is 10. The summed E-state index contributed by atoms with van der Waals surface area (Å²) in [5.41, 5.74) is 0. The molecule has 0 aliphatic heterocycles. The van der Waals surface area contributed by atoms with Crippen molar-refractivity contribution in [3.05, 3.63) is 0 Å². The van der Waals surface area contributed by atoms with Crippen LogP contribution in [-0.4, -0.2) is 185 Å². The van der Waals surface area contributed by atoms with E-state index >= 15 is 0 Å². The molecule has 0 aromatic heterocycles. The monoisotopic (exact) mass is 908 g/mol. The molecule has 0 rings (SSSR count). The van der Waals surface area contributed by atoms with Gasteiger partial charge < -0.3 is 54.0 Å². The number of aliphatic hydroxyl groups excluding tert-OH is 5. The van der Waals surface area contributed by atoms with Crippen LogP contribution in [0.3, 0.4) is 0 Å². The third-order valence-electron chi connectivity index (χ3n) is 5.62. The van der Waals surface area contributed by atoms with Gasteiger partial charge in [0.2, 0.25) is 0 Å². The molecule has 15 nitrogen and oxygen atoms in total. The fourth-order valence-corrected chi connectivity index (χ4v) is 3.28. The zero-order valence-corrected chi connectivity index (χ0v) is 29.4. The third kappa shape index (κ3) is 23.9. The first-order chi connectivity index (χ1) is 26.3. The number of rotatable bonds is 36. The van der Waals surface area contributed by atoms with Gasteiger partial charge in [-0.2, -0.15) is 70.2 Å². The van der Waals surface area contributed by atoms with Crippen LogP contribution in [0.2, 0.25) is 0 Å². The Labute approximate surface area is 316 Å². The highest BCUT2D eigenvalue weighted by Crippen LogP contribution is 2.44. The Hall–Kier alpha value is -1.72. The Bertz CT molecular complexity index is 1030. The minimum atomic E-state index is -6.56. The molecule has 0 saturated carbocycles. The van der Waals surface area contributed by atoms with Crippen molar-refractivity contribution in [3.8, 4) is 0 Å². The van der Waals surface area contributed by atoms with Gasteiger partial charge >= 0.3 is 48.9 Å². The molecule has 5 N–H and O–H groups in total. The van der Waals surface area contributed by atoms with E-state index in [1.165, 1.54) is 0 Å². The minimum Gasteiger partial charge on any atom is -0.396 e. The van der Waals surface area contributed by atoms with Gasteiger partial charge in [0, 0.05) is 26.4 Å². The van der Waals surface area contributed by atoms with Crippen molar-refractivity contribution in [2.45, 2.75) is 80.0 Å². The molecule has 0 aromatic rings. The number of alkyl halides is 16. The summed E-state index contributed by atoms with van der Waals surface area (Å²) < 4.78 is 256. The van der Waals surface area contributed by atoms with Gasteiger partial charge in [-0.1, -0.05) is 0 Å². The zero-order chi connectivity index (χ0) is 45.1. The van der Waals surface area contributed by atoms with Crippen LogP contribution >= 0.6 is 0 Å². The molecule has 2 unspecified atom stereocenters. The van der Waals surface area contributed by atoms with Gasteiger partial charge in [-0.3, -0.25) is 0 Å². The molecule has 0 amide bonds. The highest BCUT2D eigenvalue weighted by atomic mass is 19.4. The first-order valence-corrected chi connectivity index (χ1v) is 15.9. The van der Waals surface area contributed by atoms with Gasteiger partial charge in [-0.05, 0) is 12.8 Å². The molecule has 0 radical (unpaired) electrons. The fourth-order valence-electron chi connectivity index (χ4n) is 3.28. The number of hydrogen-bond donors (Lipinski definition) is 5. The fraction of sp³-hybridized carbons (Fsp3) is 1.00. The lowest BCUT2D eigenvalue weighted by Gasteiger charge is -2.31. The lowest BCUT2D eigenvalue weighted by atomic mass is 10.4. The molecule has 0 heterocycles. The second kappa shape index (κ2) is 24.7. The normalized spacial score (nSPS) is 15.9. The standard InChI is InChI=1S/C27H40F16O15/c28-20(29,13-51-9-17(46)7-49-5-1-3-44)55-24(36,37)26(40,41)57-22(32,33)15-53-11-19(48)12-54-16-23(34,35)58-27(42,43)25(38,39)56-21(30,31)14-52-10-18(47)8-50-6-2-4-45/h17-19,44-48H,1-16H2. The van der Waals surface area contributed by atoms with Gasteiger partial charge in [0.05, 0.1) is 39.6 Å². The van der Waals surface area contributed by atoms with E-state index in [4.69, 9.17) is 19.7 Å². The first kappa shape index (κ1) is 56.3. The van der Waals surface area contributed by atoms with Crippen LogP contribution < -0.4 is 0 Å². The third-order valence-corrected chi connectivity index (χ3v) is 5.62. The van der Waals surface area contributed by atoms with Crippen molar-refractivity contribution >= 4 is 0 Å². The largest absolute Gasteiger partial charge is 0.453 e. The Morgan fingerprint density at radius 3 is 0.707 bits per heavy atom. The van der Waals surface area contributed by atoms with Crippen LogP contribution in [0.15, 0.2) is 0 Å². The van der Waals surface area contributed by atoms with E-state index in [1.807, 2.05) is 0 Å². The van der Waals surface area contributed by atoms with Gasteiger partial charge in [0.25, 0.3) is 0 Å². The molecule has 0 saturated heterocycles. The number of halogens is 16. The summed E-state index contributed by atoms with van der Waals surface area (Å²) in [6.45, 7) is -16.7. The Morgan fingerprint density at radius 2 is 0.517 bits per heavy atom. The quantitative estimate of drug-likeness (QED) is 0.0455. The SMILES string of the molecule is OCCCOCC(O)COCC(F)(F)OC(F)(F)C(F)(F)OC(F)(F)COCC(O)COCC(F)(F)OC(F)(F)C(F)(F)OC(F)(F)COCC(O)COCCCO. The van der Waals surface area contributed by atoms with Crippen molar-refractivity contribution in [1.29, 1.82) is 0 Å². The van der Waals surface area contributed by atoms with Gasteiger partial charge in [0.15, 0.2) is 0 Å². The van der Waals surface area contributed by atoms with Crippen LogP contribution in [0, 0.1) is 0 Å². The Morgan fingerprint density at radius 1 is 0.328 bits per heavy atom. The second-order valence-corrected chi connectivity index (χ2v) is 11.4. The maximum absolute atomic E-state index is 13.8. The average molecular weight is 909 g/mol. The van der Waals surface area contributed by atoms with Crippen LogP contribution in [0.25, 0.3) is 0 Å². The molecule has 0 aliphatic carbocycles. The summed E-state index contributed by atoms with van der Waals surface area (Å²) >= 11 is 0. The molecule has 0 aromatic carbocycles. The topological polar surface area (TPSA) is 193 Å². The van der Waals surface area contributed by atoms with Crippen LogP contribution in [0.5, 0.6) is 0 Å². The lowest BCUT2D eigenvalue weighted by molar-refractivity contribution is -0.516. The van der Waals surface area contributed by atoms with E-state index in [1.54, 1.807) is 0 Å². The van der Waals surface area contributed by atoms with Gasteiger partial charge in [-0.15, -0.1) is 0 Å². The van der Waals surface area contributed by atoms with E-state index in [9.17, 15) is 85.6 Å². The molecular formula is C27H40F16O15. The Balaban J connectivity index is 4.86. The van der Waals surface area contributed by atoms with Gasteiger partial charge in [-0.25, -0.2) is 18.9 Å². The van der Waals surface area contributed by atoms with E-state index < -0.39 is 133 Å². The van der Waals surface area contributed by atoms with E-state index in [0.29, 0.717) is 0 Å². The van der Waals surface area contributed by atoms with Crippen LogP contribution in [-0.2, 0) is 47.4 Å². The lowest BCUT2D eigenvalue weighted by Crippen LogP contribution is -2.53. The summed E-state index contributed by atoms with van der Waals surface area (Å²) in [5.74, 6) is 0. The average Bonchev–Trinajstić information content (AvgIpc) is 3.02. The smallest absolute Gasteiger partial charge is 0.396 e. The van der Waals surface area contributed by atoms with Crippen molar-refractivity contribution < 1.29 is 143 Å². The van der Waals surface area contributed by atoms with E-state index in [2.05, 4.69) is 37.9 Å².